The summed E-state index contributed by atoms with van der Waals surface area (Å²) >= 11 is 3.39. The number of carbonyl (C=O) groups is 2. The number of carbonyl (C=O) groups excluding carboxylic acids is 2. The molecule has 1 aliphatic rings. The first kappa shape index (κ1) is 13.3. The van der Waals surface area contributed by atoms with Crippen LogP contribution in [-0.2, 0) is 6.42 Å². The fraction of sp³-hybridized carbons (Fsp3) is 0.250. The Labute approximate surface area is 125 Å². The van der Waals surface area contributed by atoms with Gasteiger partial charge in [-0.05, 0) is 50.1 Å². The molecule has 102 valence electrons. The van der Waals surface area contributed by atoms with Gasteiger partial charge >= 0.3 is 0 Å². The normalized spacial score (nSPS) is 17.4. The van der Waals surface area contributed by atoms with Gasteiger partial charge in [-0.2, -0.15) is 0 Å². The zero-order valence-electron chi connectivity index (χ0n) is 11.2. The summed E-state index contributed by atoms with van der Waals surface area (Å²) in [6.45, 7) is 3.55. The molecule has 0 aliphatic heterocycles. The summed E-state index contributed by atoms with van der Waals surface area (Å²) in [6.07, 6.45) is 0.468. The van der Waals surface area contributed by atoms with Crippen LogP contribution in [0.1, 0.15) is 37.8 Å². The van der Waals surface area contributed by atoms with E-state index in [1.807, 2.05) is 12.1 Å². The van der Waals surface area contributed by atoms with E-state index in [0.717, 1.165) is 10.0 Å². The Kier molecular flexibility index (Phi) is 3.13. The Morgan fingerprint density at radius 2 is 2.05 bits per heavy atom. The van der Waals surface area contributed by atoms with Crippen molar-refractivity contribution in [1.29, 1.82) is 0 Å². The van der Waals surface area contributed by atoms with E-state index in [9.17, 15) is 9.59 Å². The van der Waals surface area contributed by atoms with Crippen molar-refractivity contribution in [3.63, 3.8) is 0 Å². The minimum absolute atomic E-state index is 0.0873. The quantitative estimate of drug-likeness (QED) is 0.619. The van der Waals surface area contributed by atoms with Crippen molar-refractivity contribution in [1.82, 2.24) is 0 Å². The van der Waals surface area contributed by atoms with Crippen LogP contribution in [0.4, 0.5) is 0 Å². The average molecular weight is 333 g/mol. The standard InChI is InChI=1S/C16H13BrO3/c1-8-5-13(9(2)20-8)16(19)14-7-10-6-11(17)3-4-12(10)15(14)18/h3-6,14H,7H2,1-2H3. The molecule has 0 spiro atoms. The number of rotatable bonds is 2. The third-order valence-electron chi connectivity index (χ3n) is 3.70. The van der Waals surface area contributed by atoms with E-state index >= 15 is 0 Å². The van der Waals surface area contributed by atoms with Gasteiger partial charge in [0, 0.05) is 10.0 Å². The first-order valence-electron chi connectivity index (χ1n) is 6.41. The summed E-state index contributed by atoms with van der Waals surface area (Å²) in [7, 11) is 0. The molecule has 0 fully saturated rings. The molecule has 1 aromatic heterocycles. The van der Waals surface area contributed by atoms with Crippen molar-refractivity contribution < 1.29 is 14.0 Å². The van der Waals surface area contributed by atoms with Gasteiger partial charge in [0.05, 0.1) is 11.5 Å². The number of hydrogen-bond donors (Lipinski definition) is 0. The lowest BCUT2D eigenvalue weighted by atomic mass is 9.94. The van der Waals surface area contributed by atoms with Gasteiger partial charge in [-0.1, -0.05) is 15.9 Å². The van der Waals surface area contributed by atoms with Crippen LogP contribution in [0.2, 0.25) is 0 Å². The number of aryl methyl sites for hydroxylation is 2. The van der Waals surface area contributed by atoms with Gasteiger partial charge in [0.1, 0.15) is 11.5 Å². The Morgan fingerprint density at radius 3 is 2.70 bits per heavy atom. The molecule has 3 nitrogen and oxygen atoms in total. The maximum Gasteiger partial charge on any atom is 0.177 e. The molecule has 1 aliphatic carbocycles. The largest absolute Gasteiger partial charge is 0.466 e. The summed E-state index contributed by atoms with van der Waals surface area (Å²) in [4.78, 5) is 24.9. The molecule has 1 aromatic carbocycles. The van der Waals surface area contributed by atoms with Crippen LogP contribution in [0.5, 0.6) is 0 Å². The Bertz CT molecular complexity index is 727. The number of Topliss-reactive ketones (excluding diaryl/α,β-unsaturated/α-hetero) is 2. The van der Waals surface area contributed by atoms with Crippen LogP contribution in [0.25, 0.3) is 0 Å². The number of benzene rings is 1. The van der Waals surface area contributed by atoms with Crippen molar-refractivity contribution in [2.24, 2.45) is 5.92 Å². The van der Waals surface area contributed by atoms with Crippen molar-refractivity contribution in [3.8, 4) is 0 Å². The monoisotopic (exact) mass is 332 g/mol. The Balaban J connectivity index is 1.96. The van der Waals surface area contributed by atoms with Crippen molar-refractivity contribution in [2.75, 3.05) is 0 Å². The topological polar surface area (TPSA) is 47.3 Å². The molecule has 1 heterocycles. The van der Waals surface area contributed by atoms with E-state index in [2.05, 4.69) is 15.9 Å². The summed E-state index contributed by atoms with van der Waals surface area (Å²) in [6, 6.07) is 7.23. The van der Waals surface area contributed by atoms with E-state index in [1.54, 1.807) is 26.0 Å². The predicted octanol–water partition coefficient (Wildman–Crippen LogP) is 3.90. The molecule has 0 bridgehead atoms. The zero-order valence-corrected chi connectivity index (χ0v) is 12.8. The minimum Gasteiger partial charge on any atom is -0.466 e. The molecule has 2 aromatic rings. The number of halogens is 1. The molecule has 4 heteroatoms. The molecule has 1 atom stereocenters. The van der Waals surface area contributed by atoms with Gasteiger partial charge in [0.25, 0.3) is 0 Å². The Morgan fingerprint density at radius 1 is 1.30 bits per heavy atom. The van der Waals surface area contributed by atoms with Crippen LogP contribution < -0.4 is 0 Å². The molecule has 20 heavy (non-hydrogen) atoms. The summed E-state index contributed by atoms with van der Waals surface area (Å²) in [5, 5.41) is 0. The first-order chi connectivity index (χ1) is 9.47. The maximum atomic E-state index is 12.6. The van der Waals surface area contributed by atoms with E-state index in [0.29, 0.717) is 29.1 Å². The van der Waals surface area contributed by atoms with Crippen LogP contribution in [0.3, 0.4) is 0 Å². The molecule has 0 radical (unpaired) electrons. The molecule has 0 N–H and O–H groups in total. The lowest BCUT2D eigenvalue weighted by molar-refractivity contribution is 0.0821. The first-order valence-corrected chi connectivity index (χ1v) is 7.20. The van der Waals surface area contributed by atoms with E-state index in [1.165, 1.54) is 0 Å². The van der Waals surface area contributed by atoms with Crippen LogP contribution in [-0.4, -0.2) is 11.6 Å². The minimum atomic E-state index is -0.616. The fourth-order valence-electron chi connectivity index (χ4n) is 2.75. The zero-order chi connectivity index (χ0) is 14.4. The number of ketones is 2. The van der Waals surface area contributed by atoms with Gasteiger partial charge in [-0.25, -0.2) is 0 Å². The highest BCUT2D eigenvalue weighted by Crippen LogP contribution is 2.32. The second-order valence-electron chi connectivity index (χ2n) is 5.11. The third kappa shape index (κ3) is 2.04. The molecule has 1 unspecified atom stereocenters. The van der Waals surface area contributed by atoms with Crippen LogP contribution >= 0.6 is 15.9 Å². The van der Waals surface area contributed by atoms with Crippen molar-refractivity contribution in [2.45, 2.75) is 20.3 Å². The van der Waals surface area contributed by atoms with Crippen molar-refractivity contribution >= 4 is 27.5 Å². The fourth-order valence-corrected chi connectivity index (χ4v) is 3.16. The molecular formula is C16H13BrO3. The van der Waals surface area contributed by atoms with Gasteiger partial charge in [0.2, 0.25) is 0 Å². The molecule has 0 saturated heterocycles. The van der Waals surface area contributed by atoms with E-state index < -0.39 is 5.92 Å². The van der Waals surface area contributed by atoms with E-state index in [4.69, 9.17) is 4.42 Å². The van der Waals surface area contributed by atoms with Crippen LogP contribution in [0, 0.1) is 19.8 Å². The lowest BCUT2D eigenvalue weighted by Crippen LogP contribution is -2.21. The Hall–Kier alpha value is -1.68. The summed E-state index contributed by atoms with van der Waals surface area (Å²) in [5.74, 6) is 0.427. The maximum absolute atomic E-state index is 12.6. The number of fused-ring (bicyclic) bond motifs is 1. The molecule has 0 amide bonds. The average Bonchev–Trinajstić information content (AvgIpc) is 2.89. The second-order valence-corrected chi connectivity index (χ2v) is 6.03. The summed E-state index contributed by atoms with van der Waals surface area (Å²) in [5.41, 5.74) is 2.11. The molecule has 3 rings (SSSR count). The highest BCUT2D eigenvalue weighted by atomic mass is 79.9. The van der Waals surface area contributed by atoms with Gasteiger partial charge in [-0.15, -0.1) is 0 Å². The van der Waals surface area contributed by atoms with E-state index in [-0.39, 0.29) is 11.6 Å². The van der Waals surface area contributed by atoms with Gasteiger partial charge in [-0.3, -0.25) is 9.59 Å². The van der Waals surface area contributed by atoms with Gasteiger partial charge in [0.15, 0.2) is 11.6 Å². The second kappa shape index (κ2) is 4.70. The lowest BCUT2D eigenvalue weighted by Gasteiger charge is -2.05. The van der Waals surface area contributed by atoms with Gasteiger partial charge < -0.3 is 4.42 Å². The predicted molar refractivity (Wildman–Crippen MR) is 78.2 cm³/mol. The summed E-state index contributed by atoms with van der Waals surface area (Å²) < 4.78 is 6.31. The molecular weight excluding hydrogens is 320 g/mol. The SMILES string of the molecule is Cc1cc(C(=O)C2Cc3cc(Br)ccc3C2=O)c(C)o1. The smallest absolute Gasteiger partial charge is 0.177 e. The van der Waals surface area contributed by atoms with Crippen molar-refractivity contribution in [3.05, 3.63) is 56.9 Å². The molecule has 0 saturated carbocycles. The third-order valence-corrected chi connectivity index (χ3v) is 4.19. The number of hydrogen-bond acceptors (Lipinski definition) is 3. The highest BCUT2D eigenvalue weighted by molar-refractivity contribution is 9.10. The number of furan rings is 1. The van der Waals surface area contributed by atoms with Crippen LogP contribution in [0.15, 0.2) is 33.2 Å². The highest BCUT2D eigenvalue weighted by Gasteiger charge is 2.37.